The number of aliphatic hydroxyl groups is 1. The minimum absolute atomic E-state index is 0.0623. The van der Waals surface area contributed by atoms with Crippen LogP contribution in [0.4, 0.5) is 0 Å². The molecule has 1 aromatic carbocycles. The van der Waals surface area contributed by atoms with Crippen molar-refractivity contribution in [1.29, 1.82) is 0 Å². The Labute approximate surface area is 142 Å². The molecule has 24 heavy (non-hydrogen) atoms. The minimum Gasteiger partial charge on any atom is -0.440 e. The van der Waals surface area contributed by atoms with Crippen LogP contribution in [0.2, 0.25) is 0 Å². The number of hydrogen-bond acceptors (Lipinski definition) is 4. The molecule has 0 bridgehead atoms. The van der Waals surface area contributed by atoms with Gasteiger partial charge in [-0.2, -0.15) is 0 Å². The zero-order chi connectivity index (χ0) is 17.3. The van der Waals surface area contributed by atoms with E-state index in [-0.39, 0.29) is 11.9 Å². The number of nitrogens with zero attached hydrogens (tertiary/aromatic N) is 1. The molecule has 3 rings (SSSR count). The summed E-state index contributed by atoms with van der Waals surface area (Å²) >= 11 is 0. The molecule has 0 aliphatic heterocycles. The molecule has 5 heteroatoms. The predicted octanol–water partition coefficient (Wildman–Crippen LogP) is 3.76. The Morgan fingerprint density at radius 2 is 2.21 bits per heavy atom. The number of oxazole rings is 1. The van der Waals surface area contributed by atoms with E-state index >= 15 is 0 Å². The second kappa shape index (κ2) is 6.55. The van der Waals surface area contributed by atoms with Gasteiger partial charge < -0.3 is 14.8 Å². The quantitative estimate of drug-likeness (QED) is 0.810. The van der Waals surface area contributed by atoms with Gasteiger partial charge in [-0.25, -0.2) is 4.98 Å². The van der Waals surface area contributed by atoms with Crippen LogP contribution in [-0.2, 0) is 0 Å². The maximum Gasteiger partial charge on any atom is 0.251 e. The summed E-state index contributed by atoms with van der Waals surface area (Å²) < 4.78 is 5.77. The molecule has 1 fully saturated rings. The van der Waals surface area contributed by atoms with Crippen LogP contribution in [0.25, 0.3) is 11.1 Å². The van der Waals surface area contributed by atoms with Crippen LogP contribution in [0, 0.1) is 0 Å². The maximum atomic E-state index is 12.4. The molecule has 2 aromatic rings. The van der Waals surface area contributed by atoms with Gasteiger partial charge in [0.1, 0.15) is 5.52 Å². The van der Waals surface area contributed by atoms with E-state index in [2.05, 4.69) is 10.3 Å². The van der Waals surface area contributed by atoms with Crippen LogP contribution in [0.3, 0.4) is 0 Å². The number of carbonyl (C=O) groups is 1. The number of nitrogens with one attached hydrogen (secondary N) is 1. The monoisotopic (exact) mass is 330 g/mol. The first kappa shape index (κ1) is 17.0. The first-order valence-corrected chi connectivity index (χ1v) is 8.75. The van der Waals surface area contributed by atoms with Crippen molar-refractivity contribution in [1.82, 2.24) is 10.3 Å². The van der Waals surface area contributed by atoms with Gasteiger partial charge in [0.05, 0.1) is 5.60 Å². The number of aromatic nitrogens is 1. The molecule has 1 atom stereocenters. The average molecular weight is 330 g/mol. The Balaban J connectivity index is 1.58. The van der Waals surface area contributed by atoms with Gasteiger partial charge >= 0.3 is 0 Å². The molecule has 1 aliphatic rings. The molecule has 1 aromatic heterocycles. The van der Waals surface area contributed by atoms with Gasteiger partial charge in [-0.1, -0.05) is 0 Å². The molecule has 1 aliphatic carbocycles. The van der Waals surface area contributed by atoms with Gasteiger partial charge in [0, 0.05) is 17.5 Å². The van der Waals surface area contributed by atoms with Crippen molar-refractivity contribution >= 4 is 17.0 Å². The van der Waals surface area contributed by atoms with E-state index in [0.717, 1.165) is 43.5 Å². The lowest BCUT2D eigenvalue weighted by Crippen LogP contribution is -2.33. The Hall–Kier alpha value is -1.88. The van der Waals surface area contributed by atoms with Gasteiger partial charge in [0.15, 0.2) is 11.5 Å². The lowest BCUT2D eigenvalue weighted by molar-refractivity contribution is 0.0674. The lowest BCUT2D eigenvalue weighted by Gasteiger charge is -2.19. The molecular weight excluding hydrogens is 304 g/mol. The highest BCUT2D eigenvalue weighted by atomic mass is 16.3. The number of benzene rings is 1. The van der Waals surface area contributed by atoms with Crippen molar-refractivity contribution in [2.45, 2.75) is 70.4 Å². The average Bonchev–Trinajstić information content (AvgIpc) is 3.24. The highest BCUT2D eigenvalue weighted by molar-refractivity contribution is 5.97. The first-order chi connectivity index (χ1) is 11.3. The third-order valence-corrected chi connectivity index (χ3v) is 4.40. The molecule has 1 heterocycles. The van der Waals surface area contributed by atoms with Crippen LogP contribution < -0.4 is 5.32 Å². The Kier molecular flexibility index (Phi) is 4.63. The highest BCUT2D eigenvalue weighted by Crippen LogP contribution is 2.40. The van der Waals surface area contributed by atoms with Crippen LogP contribution in [0.1, 0.15) is 75.0 Å². The maximum absolute atomic E-state index is 12.4. The second-order valence-corrected chi connectivity index (χ2v) is 7.59. The van der Waals surface area contributed by atoms with Crippen molar-refractivity contribution < 1.29 is 14.3 Å². The van der Waals surface area contributed by atoms with Crippen LogP contribution in [-0.4, -0.2) is 27.6 Å². The number of carbonyl (C=O) groups excluding carboxylic acids is 1. The van der Waals surface area contributed by atoms with E-state index in [4.69, 9.17) is 4.42 Å². The van der Waals surface area contributed by atoms with E-state index in [1.807, 2.05) is 13.0 Å². The first-order valence-electron chi connectivity index (χ1n) is 8.75. The molecule has 0 saturated heterocycles. The highest BCUT2D eigenvalue weighted by Gasteiger charge is 2.29. The lowest BCUT2D eigenvalue weighted by atomic mass is 9.99. The topological polar surface area (TPSA) is 75.4 Å². The number of fused-ring (bicyclic) bond motifs is 1. The molecule has 130 valence electrons. The number of hydrogen-bond donors (Lipinski definition) is 2. The van der Waals surface area contributed by atoms with E-state index in [1.54, 1.807) is 26.0 Å². The summed E-state index contributed by atoms with van der Waals surface area (Å²) in [5.41, 5.74) is 1.43. The van der Waals surface area contributed by atoms with Gasteiger partial charge in [-0.15, -0.1) is 0 Å². The molecule has 0 radical (unpaired) electrons. The summed E-state index contributed by atoms with van der Waals surface area (Å²) in [4.78, 5) is 16.9. The Morgan fingerprint density at radius 3 is 2.88 bits per heavy atom. The smallest absolute Gasteiger partial charge is 0.251 e. The summed E-state index contributed by atoms with van der Waals surface area (Å²) in [5.74, 6) is 1.16. The molecule has 2 N–H and O–H groups in total. The van der Waals surface area contributed by atoms with Crippen LogP contribution >= 0.6 is 0 Å². The molecule has 0 spiro atoms. The van der Waals surface area contributed by atoms with E-state index in [9.17, 15) is 9.90 Å². The van der Waals surface area contributed by atoms with Crippen molar-refractivity contribution in [3.63, 3.8) is 0 Å². The normalized spacial score (nSPS) is 16.3. The SMILES string of the molecule is CC(CCCC(C)(C)O)NC(=O)c1ccc2nc(C3CC3)oc2c1. The fourth-order valence-corrected chi connectivity index (χ4v) is 2.81. The summed E-state index contributed by atoms with van der Waals surface area (Å²) in [6, 6.07) is 5.47. The number of amides is 1. The van der Waals surface area contributed by atoms with Crippen molar-refractivity contribution in [2.75, 3.05) is 0 Å². The summed E-state index contributed by atoms with van der Waals surface area (Å²) in [7, 11) is 0. The molecule has 1 unspecified atom stereocenters. The summed E-state index contributed by atoms with van der Waals surface area (Å²) in [5, 5.41) is 12.7. The molecule has 1 amide bonds. The van der Waals surface area contributed by atoms with Gasteiger partial charge in [-0.3, -0.25) is 4.79 Å². The Bertz CT molecular complexity index is 726. The van der Waals surface area contributed by atoms with Crippen molar-refractivity contribution in [2.24, 2.45) is 0 Å². The fourth-order valence-electron chi connectivity index (χ4n) is 2.81. The standard InChI is InChI=1S/C19H26N2O3/c1-12(5-4-10-19(2,3)23)20-17(22)14-8-9-15-16(11-14)24-18(21-15)13-6-7-13/h8-9,11-13,23H,4-7,10H2,1-3H3,(H,20,22). The molecule has 5 nitrogen and oxygen atoms in total. The van der Waals surface area contributed by atoms with Crippen molar-refractivity contribution in [3.05, 3.63) is 29.7 Å². The Morgan fingerprint density at radius 1 is 1.46 bits per heavy atom. The zero-order valence-electron chi connectivity index (χ0n) is 14.6. The second-order valence-electron chi connectivity index (χ2n) is 7.59. The van der Waals surface area contributed by atoms with Crippen molar-refractivity contribution in [3.8, 4) is 0 Å². The molecular formula is C19H26N2O3. The van der Waals surface area contributed by atoms with Crippen LogP contribution in [0.5, 0.6) is 0 Å². The minimum atomic E-state index is -0.652. The number of rotatable bonds is 7. The third-order valence-electron chi connectivity index (χ3n) is 4.40. The molecule has 1 saturated carbocycles. The van der Waals surface area contributed by atoms with Gasteiger partial charge in [0.2, 0.25) is 0 Å². The zero-order valence-corrected chi connectivity index (χ0v) is 14.6. The van der Waals surface area contributed by atoms with Gasteiger partial charge in [0.25, 0.3) is 5.91 Å². The van der Waals surface area contributed by atoms with Gasteiger partial charge in [-0.05, 0) is 71.1 Å². The van der Waals surface area contributed by atoms with Crippen LogP contribution in [0.15, 0.2) is 22.6 Å². The largest absolute Gasteiger partial charge is 0.440 e. The summed E-state index contributed by atoms with van der Waals surface area (Å²) in [6.45, 7) is 5.60. The summed E-state index contributed by atoms with van der Waals surface area (Å²) in [6.07, 6.45) is 4.72. The van der Waals surface area contributed by atoms with E-state index in [0.29, 0.717) is 17.1 Å². The fraction of sp³-hybridized carbons (Fsp3) is 0.579. The predicted molar refractivity (Wildman–Crippen MR) is 93.1 cm³/mol. The van der Waals surface area contributed by atoms with E-state index < -0.39 is 5.60 Å². The third kappa shape index (κ3) is 4.35. The van der Waals surface area contributed by atoms with E-state index in [1.165, 1.54) is 0 Å².